The summed E-state index contributed by atoms with van der Waals surface area (Å²) in [6, 6.07) is 3.85. The number of rotatable bonds is 13. The van der Waals surface area contributed by atoms with E-state index in [-0.39, 0.29) is 0 Å². The maximum absolute atomic E-state index is 10.8. The molecule has 0 fully saturated rings. The van der Waals surface area contributed by atoms with Crippen LogP contribution in [0, 0.1) is 10.1 Å². The summed E-state index contributed by atoms with van der Waals surface area (Å²) in [7, 11) is 0. The lowest BCUT2D eigenvalue weighted by atomic mass is 10.4. The van der Waals surface area contributed by atoms with Crippen LogP contribution in [0.1, 0.15) is 10.6 Å². The molecule has 0 atom stereocenters. The van der Waals surface area contributed by atoms with E-state index in [4.69, 9.17) is 0 Å². The first kappa shape index (κ1) is 22.0. The Morgan fingerprint density at radius 2 is 2.04 bits per heavy atom. The summed E-state index contributed by atoms with van der Waals surface area (Å²) in [5, 5.41) is 17.0. The quantitative estimate of drug-likeness (QED) is 0.249. The third-order valence-corrected chi connectivity index (χ3v) is 6.82. The molecule has 2 N–H and O–H groups in total. The van der Waals surface area contributed by atoms with Crippen molar-refractivity contribution in [3.05, 3.63) is 67.2 Å². The van der Waals surface area contributed by atoms with Crippen LogP contribution in [-0.4, -0.2) is 39.5 Å². The molecule has 0 aliphatic carbocycles. The van der Waals surface area contributed by atoms with E-state index in [1.54, 1.807) is 41.1 Å². The van der Waals surface area contributed by atoms with Crippen LogP contribution in [0.3, 0.4) is 0 Å². The highest BCUT2D eigenvalue weighted by Crippen LogP contribution is 2.18. The normalized spacial score (nSPS) is 11.4. The van der Waals surface area contributed by atoms with Crippen LogP contribution in [0.25, 0.3) is 0 Å². The molecule has 2 rings (SSSR count). The first-order valence-electron chi connectivity index (χ1n) is 8.10. The predicted octanol–water partition coefficient (Wildman–Crippen LogP) is 3.72. The molecule has 0 radical (unpaired) electrons. The number of thioether (sulfide) groups is 2. The molecule has 0 spiro atoms. The van der Waals surface area contributed by atoms with E-state index in [2.05, 4.69) is 36.5 Å². The fraction of sp³-hybridized carbons (Fsp3) is 0.375. The Kier molecular flexibility index (Phi) is 10.6. The average molecular weight is 490 g/mol. The van der Waals surface area contributed by atoms with Gasteiger partial charge in [-0.1, -0.05) is 0 Å². The van der Waals surface area contributed by atoms with Gasteiger partial charge in [0.15, 0.2) is 5.82 Å². The van der Waals surface area contributed by atoms with Crippen molar-refractivity contribution in [2.24, 2.45) is 0 Å². The Morgan fingerprint density at radius 1 is 1.30 bits per heavy atom. The number of nitrogens with zero attached hydrogens (tertiary/aromatic N) is 3. The van der Waals surface area contributed by atoms with Crippen LogP contribution in [0.4, 0.5) is 0 Å². The van der Waals surface area contributed by atoms with E-state index in [0.29, 0.717) is 18.9 Å². The second-order valence-electron chi connectivity index (χ2n) is 5.19. The van der Waals surface area contributed by atoms with Crippen LogP contribution >= 0.6 is 50.8 Å². The highest BCUT2D eigenvalue weighted by atomic mass is 79.9. The number of thiazole rings is 1. The third-order valence-electron chi connectivity index (χ3n) is 3.16. The van der Waals surface area contributed by atoms with Crippen LogP contribution in [0.5, 0.6) is 0 Å². The van der Waals surface area contributed by atoms with Gasteiger partial charge in [0.1, 0.15) is 0 Å². The fourth-order valence-electron chi connectivity index (χ4n) is 1.95. The minimum absolute atomic E-state index is 0.443. The SMILES string of the molecule is O=[N+]([O-])C=C(NCCSCc1cncs1)NCCSCc1ncccc1Br. The zero-order chi connectivity index (χ0) is 19.3. The van der Waals surface area contributed by atoms with Crippen molar-refractivity contribution in [3.63, 3.8) is 0 Å². The van der Waals surface area contributed by atoms with Crippen molar-refractivity contribution in [2.75, 3.05) is 24.6 Å². The number of nitro groups is 1. The number of halogens is 1. The van der Waals surface area contributed by atoms with Gasteiger partial charge < -0.3 is 10.6 Å². The highest BCUT2D eigenvalue weighted by Gasteiger charge is 2.04. The minimum atomic E-state index is -0.446. The summed E-state index contributed by atoms with van der Waals surface area (Å²) in [6.45, 7) is 1.29. The number of pyridine rings is 1. The molecule has 0 aromatic carbocycles. The topological polar surface area (TPSA) is 93.0 Å². The average Bonchev–Trinajstić information content (AvgIpc) is 3.15. The highest BCUT2D eigenvalue weighted by molar-refractivity contribution is 9.10. The smallest absolute Gasteiger partial charge is 0.274 e. The Bertz CT molecular complexity index is 731. The molecule has 0 bridgehead atoms. The molecule has 2 aromatic heterocycles. The molecule has 146 valence electrons. The van der Waals surface area contributed by atoms with Crippen molar-refractivity contribution in [3.8, 4) is 0 Å². The second-order valence-corrected chi connectivity index (χ2v) is 9.22. The first-order valence-corrected chi connectivity index (χ1v) is 12.1. The summed E-state index contributed by atoms with van der Waals surface area (Å²) in [5.41, 5.74) is 2.82. The molecule has 27 heavy (non-hydrogen) atoms. The molecule has 0 saturated heterocycles. The lowest BCUT2D eigenvalue weighted by molar-refractivity contribution is -0.404. The van der Waals surface area contributed by atoms with E-state index >= 15 is 0 Å². The summed E-state index contributed by atoms with van der Waals surface area (Å²) < 4.78 is 0.997. The third kappa shape index (κ3) is 9.45. The van der Waals surface area contributed by atoms with Gasteiger partial charge in [0.05, 0.1) is 16.1 Å². The summed E-state index contributed by atoms with van der Waals surface area (Å²) in [6.07, 6.45) is 4.62. The van der Waals surface area contributed by atoms with Gasteiger partial charge in [-0.25, -0.2) is 0 Å². The van der Waals surface area contributed by atoms with E-state index in [0.717, 1.165) is 39.4 Å². The Balaban J connectivity index is 1.62. The monoisotopic (exact) mass is 489 g/mol. The van der Waals surface area contributed by atoms with Gasteiger partial charge >= 0.3 is 0 Å². The van der Waals surface area contributed by atoms with E-state index < -0.39 is 4.92 Å². The molecular weight excluding hydrogens is 470 g/mol. The van der Waals surface area contributed by atoms with Crippen LogP contribution in [-0.2, 0) is 11.5 Å². The van der Waals surface area contributed by atoms with Crippen molar-refractivity contribution in [1.29, 1.82) is 0 Å². The number of hydrogen-bond acceptors (Lipinski definition) is 9. The minimum Gasteiger partial charge on any atom is -0.366 e. The standard InChI is InChI=1S/C16H20BrN5O2S3/c17-14-2-1-3-19-15(14)11-26-7-5-21-16(9-22(23)24)20-4-6-25-10-13-8-18-12-27-13/h1-3,8-9,12,20-21H,4-7,10-11H2. The van der Waals surface area contributed by atoms with Crippen LogP contribution in [0.2, 0.25) is 0 Å². The van der Waals surface area contributed by atoms with Crippen molar-refractivity contribution >= 4 is 50.8 Å². The zero-order valence-electron chi connectivity index (χ0n) is 14.5. The van der Waals surface area contributed by atoms with Gasteiger partial charge in [-0.2, -0.15) is 23.5 Å². The molecule has 0 aliphatic rings. The van der Waals surface area contributed by atoms with Gasteiger partial charge in [-0.05, 0) is 28.1 Å². The van der Waals surface area contributed by atoms with Gasteiger partial charge in [-0.3, -0.25) is 20.1 Å². The summed E-state index contributed by atoms with van der Waals surface area (Å²) in [4.78, 5) is 19.9. The largest absolute Gasteiger partial charge is 0.366 e. The molecule has 0 unspecified atom stereocenters. The zero-order valence-corrected chi connectivity index (χ0v) is 18.5. The Hall–Kier alpha value is -1.30. The molecule has 2 aromatic rings. The van der Waals surface area contributed by atoms with Crippen molar-refractivity contribution in [1.82, 2.24) is 20.6 Å². The fourth-order valence-corrected chi connectivity index (χ4v) is 4.92. The molecule has 7 nitrogen and oxygen atoms in total. The molecule has 0 aliphatic heterocycles. The Labute approximate surface area is 179 Å². The lowest BCUT2D eigenvalue weighted by Gasteiger charge is -2.11. The van der Waals surface area contributed by atoms with Gasteiger partial charge in [0.2, 0.25) is 0 Å². The van der Waals surface area contributed by atoms with Crippen LogP contribution in [0.15, 0.2) is 46.5 Å². The summed E-state index contributed by atoms with van der Waals surface area (Å²) in [5.74, 6) is 3.82. The van der Waals surface area contributed by atoms with Crippen LogP contribution < -0.4 is 10.6 Å². The second kappa shape index (κ2) is 13.0. The molecule has 11 heteroatoms. The van der Waals surface area contributed by atoms with E-state index in [1.807, 2.05) is 23.8 Å². The molecule has 0 saturated carbocycles. The predicted molar refractivity (Wildman–Crippen MR) is 117 cm³/mol. The van der Waals surface area contributed by atoms with Gasteiger partial charge in [0, 0.05) is 57.8 Å². The van der Waals surface area contributed by atoms with Crippen molar-refractivity contribution in [2.45, 2.75) is 11.5 Å². The van der Waals surface area contributed by atoms with Crippen molar-refractivity contribution < 1.29 is 4.92 Å². The van der Waals surface area contributed by atoms with E-state index in [9.17, 15) is 10.1 Å². The number of aromatic nitrogens is 2. The number of nitrogens with one attached hydrogen (secondary N) is 2. The maximum Gasteiger partial charge on any atom is 0.274 e. The van der Waals surface area contributed by atoms with Gasteiger partial charge in [0.25, 0.3) is 6.20 Å². The number of hydrogen-bond donors (Lipinski definition) is 2. The Morgan fingerprint density at radius 3 is 2.67 bits per heavy atom. The maximum atomic E-state index is 10.8. The summed E-state index contributed by atoms with van der Waals surface area (Å²) >= 11 is 8.61. The molecule has 0 amide bonds. The molecular formula is C16H20BrN5O2S3. The first-order chi connectivity index (χ1) is 13.1. The lowest BCUT2D eigenvalue weighted by Crippen LogP contribution is -2.30. The van der Waals surface area contributed by atoms with Gasteiger partial charge in [-0.15, -0.1) is 11.3 Å². The molecule has 2 heterocycles. The van der Waals surface area contributed by atoms with E-state index in [1.165, 1.54) is 4.88 Å².